The Morgan fingerprint density at radius 3 is 2.44 bits per heavy atom. The van der Waals surface area contributed by atoms with Crippen LogP contribution in [0.2, 0.25) is 10.0 Å². The summed E-state index contributed by atoms with van der Waals surface area (Å²) in [6.07, 6.45) is -5.29. The van der Waals surface area contributed by atoms with Crippen molar-refractivity contribution in [1.29, 1.82) is 0 Å². The second-order valence-corrected chi connectivity index (χ2v) is 6.82. The van der Waals surface area contributed by atoms with E-state index < -0.39 is 18.2 Å². The molecule has 1 aliphatic rings. The van der Waals surface area contributed by atoms with Crippen molar-refractivity contribution in [3.05, 3.63) is 63.6 Å². The molecule has 2 N–H and O–H groups in total. The summed E-state index contributed by atoms with van der Waals surface area (Å²) in [5.74, 6) is 5.11. The van der Waals surface area contributed by atoms with Gasteiger partial charge >= 0.3 is 6.18 Å². The summed E-state index contributed by atoms with van der Waals surface area (Å²) >= 11 is 11.8. The molecular formula is C17H14Cl2F3N3O2. The van der Waals surface area contributed by atoms with Crippen LogP contribution in [0.5, 0.6) is 0 Å². The van der Waals surface area contributed by atoms with Crippen LogP contribution in [0, 0.1) is 0 Å². The first-order valence-corrected chi connectivity index (χ1v) is 8.41. The number of rotatable bonds is 4. The van der Waals surface area contributed by atoms with Gasteiger partial charge in [-0.1, -0.05) is 40.5 Å². The molecule has 0 fully saturated rings. The fourth-order valence-electron chi connectivity index (χ4n) is 2.79. The van der Waals surface area contributed by atoms with Crippen molar-refractivity contribution >= 4 is 34.6 Å². The molecule has 1 unspecified atom stereocenters. The zero-order valence-corrected chi connectivity index (χ0v) is 15.4. The maximum absolute atomic E-state index is 14.0. The van der Waals surface area contributed by atoms with Gasteiger partial charge in [0, 0.05) is 34.6 Å². The largest absolute Gasteiger partial charge is 0.435 e. The van der Waals surface area contributed by atoms with Gasteiger partial charge in [-0.2, -0.15) is 24.0 Å². The average molecular weight is 420 g/mol. The molecule has 0 spiro atoms. The molecule has 0 amide bonds. The minimum Gasteiger partial charge on any atom is -0.374 e. The van der Waals surface area contributed by atoms with Crippen molar-refractivity contribution in [3.63, 3.8) is 0 Å². The van der Waals surface area contributed by atoms with E-state index >= 15 is 0 Å². The van der Waals surface area contributed by atoms with Crippen LogP contribution in [0.25, 0.3) is 0 Å². The van der Waals surface area contributed by atoms with Gasteiger partial charge in [0.05, 0.1) is 11.4 Å². The highest BCUT2D eigenvalue weighted by Gasteiger charge is 2.62. The zero-order chi connectivity index (χ0) is 19.8. The summed E-state index contributed by atoms with van der Waals surface area (Å²) in [7, 11) is 1.56. The molecule has 2 aromatic carbocycles. The van der Waals surface area contributed by atoms with Gasteiger partial charge in [-0.05, 0) is 30.3 Å². The smallest absolute Gasteiger partial charge is 0.374 e. The predicted octanol–water partition coefficient (Wildman–Crippen LogP) is 4.82. The average Bonchev–Trinajstić information content (AvgIpc) is 3.07. The highest BCUT2D eigenvalue weighted by atomic mass is 35.5. The second kappa shape index (κ2) is 7.20. The fraction of sp³-hybridized carbons (Fsp3) is 0.235. The van der Waals surface area contributed by atoms with E-state index in [2.05, 4.69) is 10.1 Å². The van der Waals surface area contributed by atoms with E-state index in [1.54, 1.807) is 31.3 Å². The molecule has 0 aromatic heterocycles. The van der Waals surface area contributed by atoms with Crippen molar-refractivity contribution in [2.75, 3.05) is 12.1 Å². The molecule has 0 bridgehead atoms. The molecule has 5 nitrogen and oxygen atoms in total. The standard InChI is InChI=1S/C17H14Cl2F3N3O2/c1-25(27-23)14-4-2-3-10(5-14)15-9-16(26-24-15,17(20,21)22)11-6-12(18)8-13(19)7-11/h2-8H,9,23H2,1H3. The Morgan fingerprint density at radius 1 is 1.19 bits per heavy atom. The third-order valence-electron chi connectivity index (χ3n) is 4.22. The predicted molar refractivity (Wildman–Crippen MR) is 96.6 cm³/mol. The van der Waals surface area contributed by atoms with Gasteiger partial charge in [0.25, 0.3) is 5.60 Å². The Balaban J connectivity index is 2.00. The first kappa shape index (κ1) is 19.8. The van der Waals surface area contributed by atoms with Crippen LogP contribution in [0.3, 0.4) is 0 Å². The van der Waals surface area contributed by atoms with E-state index in [0.717, 1.165) is 0 Å². The molecule has 0 saturated carbocycles. The number of nitrogens with two attached hydrogens (primary N) is 1. The van der Waals surface area contributed by atoms with Gasteiger partial charge in [-0.3, -0.25) is 0 Å². The van der Waals surface area contributed by atoms with Crippen LogP contribution in [0.15, 0.2) is 47.6 Å². The van der Waals surface area contributed by atoms with Crippen LogP contribution in [-0.2, 0) is 15.4 Å². The SMILES string of the molecule is CN(ON)c1cccc(C2=NOC(c3cc(Cl)cc(Cl)c3)(C(F)(F)F)C2)c1. The fourth-order valence-corrected chi connectivity index (χ4v) is 3.31. The molecule has 1 atom stereocenters. The number of nitrogens with zero attached hydrogens (tertiary/aromatic N) is 2. The van der Waals surface area contributed by atoms with Gasteiger partial charge in [-0.15, -0.1) is 0 Å². The molecule has 0 radical (unpaired) electrons. The number of benzene rings is 2. The molecule has 0 aliphatic carbocycles. The third-order valence-corrected chi connectivity index (χ3v) is 4.65. The number of alkyl halides is 3. The quantitative estimate of drug-likeness (QED) is 0.721. The zero-order valence-electron chi connectivity index (χ0n) is 13.9. The van der Waals surface area contributed by atoms with Gasteiger partial charge < -0.3 is 4.84 Å². The number of halogens is 5. The molecule has 1 aliphatic heterocycles. The van der Waals surface area contributed by atoms with Crippen LogP contribution in [-0.4, -0.2) is 18.9 Å². The van der Waals surface area contributed by atoms with Gasteiger partial charge in [0.2, 0.25) is 0 Å². The number of hydrogen-bond acceptors (Lipinski definition) is 5. The molecular weight excluding hydrogens is 406 g/mol. The maximum atomic E-state index is 14.0. The number of anilines is 1. The first-order valence-electron chi connectivity index (χ1n) is 7.65. The Bertz CT molecular complexity index is 872. The topological polar surface area (TPSA) is 60.1 Å². The van der Waals surface area contributed by atoms with Crippen molar-refractivity contribution in [2.24, 2.45) is 11.1 Å². The van der Waals surface area contributed by atoms with E-state index in [-0.39, 0.29) is 21.3 Å². The van der Waals surface area contributed by atoms with E-state index in [1.807, 2.05) is 0 Å². The minimum atomic E-state index is -4.75. The van der Waals surface area contributed by atoms with Crippen LogP contribution in [0.4, 0.5) is 18.9 Å². The van der Waals surface area contributed by atoms with Crippen LogP contribution < -0.4 is 11.0 Å². The van der Waals surface area contributed by atoms with E-state index in [9.17, 15) is 13.2 Å². The summed E-state index contributed by atoms with van der Waals surface area (Å²) in [4.78, 5) is 9.57. The molecule has 0 saturated heterocycles. The van der Waals surface area contributed by atoms with Crippen molar-refractivity contribution in [3.8, 4) is 0 Å². The van der Waals surface area contributed by atoms with E-state index in [4.69, 9.17) is 33.9 Å². The van der Waals surface area contributed by atoms with Crippen molar-refractivity contribution < 1.29 is 22.9 Å². The van der Waals surface area contributed by atoms with Gasteiger partial charge in [0.15, 0.2) is 0 Å². The summed E-state index contributed by atoms with van der Waals surface area (Å²) in [5, 5.41) is 5.11. The summed E-state index contributed by atoms with van der Waals surface area (Å²) in [5.41, 5.74) is -1.80. The van der Waals surface area contributed by atoms with Gasteiger partial charge in [0.1, 0.15) is 0 Å². The molecule has 1 heterocycles. The van der Waals surface area contributed by atoms with Crippen molar-refractivity contribution in [2.45, 2.75) is 18.2 Å². The molecule has 27 heavy (non-hydrogen) atoms. The van der Waals surface area contributed by atoms with Gasteiger partial charge in [-0.25, -0.2) is 5.06 Å². The van der Waals surface area contributed by atoms with Crippen LogP contribution in [0.1, 0.15) is 17.5 Å². The lowest BCUT2D eigenvalue weighted by Gasteiger charge is -2.29. The minimum absolute atomic E-state index is 0.0712. The normalized spacial score (nSPS) is 19.6. The summed E-state index contributed by atoms with van der Waals surface area (Å²) in [6.45, 7) is 0. The van der Waals surface area contributed by atoms with E-state index in [0.29, 0.717) is 11.3 Å². The Kier molecular flexibility index (Phi) is 5.27. The Morgan fingerprint density at radius 2 is 1.85 bits per heavy atom. The highest BCUT2D eigenvalue weighted by molar-refractivity contribution is 6.34. The lowest BCUT2D eigenvalue weighted by molar-refractivity contribution is -0.275. The molecule has 144 valence electrons. The number of hydroxylamine groups is 1. The highest BCUT2D eigenvalue weighted by Crippen LogP contribution is 2.49. The third kappa shape index (κ3) is 3.70. The number of hydrogen-bond donors (Lipinski definition) is 1. The summed E-state index contributed by atoms with van der Waals surface area (Å²) < 4.78 is 42.0. The van der Waals surface area contributed by atoms with E-state index in [1.165, 1.54) is 23.3 Å². The Hall–Kier alpha value is -2.00. The van der Waals surface area contributed by atoms with Crippen LogP contribution >= 0.6 is 23.2 Å². The lowest BCUT2D eigenvalue weighted by atomic mass is 9.86. The molecule has 10 heteroatoms. The first-order chi connectivity index (χ1) is 12.7. The number of oxime groups is 1. The lowest BCUT2D eigenvalue weighted by Crippen LogP contribution is -2.42. The summed E-state index contributed by atoms with van der Waals surface area (Å²) in [6, 6.07) is 10.2. The monoisotopic (exact) mass is 419 g/mol. The maximum Gasteiger partial charge on any atom is 0.435 e. The Labute approximate surface area is 162 Å². The van der Waals surface area contributed by atoms with Crippen molar-refractivity contribution in [1.82, 2.24) is 0 Å². The molecule has 3 rings (SSSR count). The molecule has 2 aromatic rings. The second-order valence-electron chi connectivity index (χ2n) is 5.94.